The Morgan fingerprint density at radius 3 is 2.70 bits per heavy atom. The van der Waals surface area contributed by atoms with E-state index in [1.165, 1.54) is 11.8 Å². The molecular formula is C20H27N5O4S. The highest BCUT2D eigenvalue weighted by Crippen LogP contribution is 2.40. The second kappa shape index (κ2) is 9.84. The molecule has 2 amide bonds. The van der Waals surface area contributed by atoms with Crippen molar-refractivity contribution in [3.05, 3.63) is 29.6 Å². The monoisotopic (exact) mass is 433 g/mol. The number of nitrogens with two attached hydrogens (primary N) is 1. The molecule has 0 spiro atoms. The number of rotatable bonds is 11. The molecule has 1 heterocycles. The Morgan fingerprint density at radius 2 is 2.07 bits per heavy atom. The number of thioether (sulfide) groups is 1. The zero-order valence-corrected chi connectivity index (χ0v) is 18.2. The number of benzene rings is 1. The number of nitrogens with one attached hydrogen (secondary N) is 1. The molecule has 1 aromatic carbocycles. The standard InChI is InChI=1S/C20H27N5O4S/c1-12(15-10-14(28-2)6-7-16(15)29-3)22-18(27)11-30-20-24-23-19(13-4-5-13)25(20)9-8-17(21)26/h6-7,10,12-13H,4-5,8-9,11H2,1-3H3,(H2,21,26)(H,22,27). The number of methoxy groups -OCH3 is 2. The molecule has 0 radical (unpaired) electrons. The van der Waals surface area contributed by atoms with Crippen LogP contribution in [0.1, 0.15) is 49.5 Å². The summed E-state index contributed by atoms with van der Waals surface area (Å²) in [5.74, 6) is 2.28. The number of amides is 2. The van der Waals surface area contributed by atoms with Gasteiger partial charge in [-0.15, -0.1) is 10.2 Å². The van der Waals surface area contributed by atoms with Gasteiger partial charge in [0.25, 0.3) is 0 Å². The number of carbonyl (C=O) groups excluding carboxylic acids is 2. The Balaban J connectivity index is 1.63. The van der Waals surface area contributed by atoms with E-state index in [0.717, 1.165) is 24.2 Å². The average Bonchev–Trinajstić information content (AvgIpc) is 3.50. The van der Waals surface area contributed by atoms with Gasteiger partial charge < -0.3 is 25.1 Å². The number of carbonyl (C=O) groups is 2. The van der Waals surface area contributed by atoms with Crippen LogP contribution in [0, 0.1) is 0 Å². The summed E-state index contributed by atoms with van der Waals surface area (Å²) in [6.07, 6.45) is 2.35. The summed E-state index contributed by atoms with van der Waals surface area (Å²) in [4.78, 5) is 23.7. The largest absolute Gasteiger partial charge is 0.497 e. The van der Waals surface area contributed by atoms with Crippen molar-refractivity contribution >= 4 is 23.6 Å². The van der Waals surface area contributed by atoms with Crippen LogP contribution in [0.5, 0.6) is 11.5 Å². The minimum Gasteiger partial charge on any atom is -0.497 e. The quantitative estimate of drug-likeness (QED) is 0.520. The molecule has 1 aliphatic carbocycles. The van der Waals surface area contributed by atoms with Crippen molar-refractivity contribution in [3.63, 3.8) is 0 Å². The van der Waals surface area contributed by atoms with Crippen molar-refractivity contribution in [1.29, 1.82) is 0 Å². The maximum Gasteiger partial charge on any atom is 0.230 e. The van der Waals surface area contributed by atoms with Gasteiger partial charge in [-0.3, -0.25) is 9.59 Å². The van der Waals surface area contributed by atoms with Crippen LogP contribution in [0.4, 0.5) is 0 Å². The third kappa shape index (κ3) is 5.44. The second-order valence-corrected chi connectivity index (χ2v) is 8.11. The molecule has 2 aromatic rings. The summed E-state index contributed by atoms with van der Waals surface area (Å²) in [5, 5.41) is 12.1. The fraction of sp³-hybridized carbons (Fsp3) is 0.500. The predicted octanol–water partition coefficient (Wildman–Crippen LogP) is 2.02. The number of nitrogens with zero attached hydrogens (tertiary/aromatic N) is 3. The molecule has 1 aromatic heterocycles. The summed E-state index contributed by atoms with van der Waals surface area (Å²) in [7, 11) is 3.18. The molecule has 0 aliphatic heterocycles. The molecular weight excluding hydrogens is 406 g/mol. The highest BCUT2D eigenvalue weighted by atomic mass is 32.2. The van der Waals surface area contributed by atoms with Crippen molar-refractivity contribution in [2.24, 2.45) is 5.73 Å². The van der Waals surface area contributed by atoms with E-state index in [0.29, 0.717) is 29.1 Å². The van der Waals surface area contributed by atoms with Crippen LogP contribution in [0.15, 0.2) is 23.4 Å². The van der Waals surface area contributed by atoms with Crippen LogP contribution in [0.3, 0.4) is 0 Å². The Hall–Kier alpha value is -2.75. The van der Waals surface area contributed by atoms with E-state index in [-0.39, 0.29) is 30.0 Å². The van der Waals surface area contributed by atoms with Gasteiger partial charge in [-0.1, -0.05) is 11.8 Å². The highest BCUT2D eigenvalue weighted by Gasteiger charge is 2.30. The second-order valence-electron chi connectivity index (χ2n) is 7.17. The van der Waals surface area contributed by atoms with Crippen LogP contribution < -0.4 is 20.5 Å². The predicted molar refractivity (Wildman–Crippen MR) is 113 cm³/mol. The zero-order chi connectivity index (χ0) is 21.7. The van der Waals surface area contributed by atoms with E-state index in [4.69, 9.17) is 15.2 Å². The first-order valence-corrected chi connectivity index (χ1v) is 10.8. The fourth-order valence-electron chi connectivity index (χ4n) is 3.15. The van der Waals surface area contributed by atoms with E-state index >= 15 is 0 Å². The van der Waals surface area contributed by atoms with E-state index in [1.807, 2.05) is 29.7 Å². The molecule has 1 fully saturated rings. The van der Waals surface area contributed by atoms with Crippen LogP contribution in [-0.4, -0.2) is 46.6 Å². The molecule has 30 heavy (non-hydrogen) atoms. The first kappa shape index (κ1) is 21.9. The molecule has 1 aliphatic rings. The fourth-order valence-corrected chi connectivity index (χ4v) is 3.93. The lowest BCUT2D eigenvalue weighted by atomic mass is 10.1. The summed E-state index contributed by atoms with van der Waals surface area (Å²) < 4.78 is 12.6. The Labute approximate surface area is 179 Å². The van der Waals surface area contributed by atoms with Gasteiger partial charge in [-0.25, -0.2) is 0 Å². The summed E-state index contributed by atoms with van der Waals surface area (Å²) in [5.41, 5.74) is 6.12. The van der Waals surface area contributed by atoms with Gasteiger partial charge in [-0.05, 0) is 38.0 Å². The zero-order valence-electron chi connectivity index (χ0n) is 17.4. The van der Waals surface area contributed by atoms with Crippen LogP contribution >= 0.6 is 11.8 Å². The molecule has 162 valence electrons. The number of hydrogen-bond donors (Lipinski definition) is 2. The first-order chi connectivity index (χ1) is 14.4. The Morgan fingerprint density at radius 1 is 1.30 bits per heavy atom. The summed E-state index contributed by atoms with van der Waals surface area (Å²) in [6, 6.07) is 5.20. The molecule has 3 rings (SSSR count). The van der Waals surface area contributed by atoms with Crippen molar-refractivity contribution in [2.45, 2.75) is 49.8 Å². The molecule has 3 N–H and O–H groups in total. The average molecular weight is 434 g/mol. The minimum absolute atomic E-state index is 0.144. The van der Waals surface area contributed by atoms with Gasteiger partial charge in [0.05, 0.1) is 26.0 Å². The maximum absolute atomic E-state index is 12.5. The van der Waals surface area contributed by atoms with Crippen molar-refractivity contribution in [3.8, 4) is 11.5 Å². The van der Waals surface area contributed by atoms with Gasteiger partial charge in [0, 0.05) is 24.4 Å². The molecule has 1 saturated carbocycles. The van der Waals surface area contributed by atoms with Gasteiger partial charge in [0.1, 0.15) is 17.3 Å². The highest BCUT2D eigenvalue weighted by molar-refractivity contribution is 7.99. The van der Waals surface area contributed by atoms with Gasteiger partial charge in [0.15, 0.2) is 5.16 Å². The lowest BCUT2D eigenvalue weighted by Gasteiger charge is -2.18. The Kier molecular flexibility index (Phi) is 7.20. The molecule has 0 bridgehead atoms. The van der Waals surface area contributed by atoms with Crippen molar-refractivity contribution in [2.75, 3.05) is 20.0 Å². The van der Waals surface area contributed by atoms with E-state index in [1.54, 1.807) is 14.2 Å². The van der Waals surface area contributed by atoms with E-state index in [2.05, 4.69) is 15.5 Å². The normalized spacial score (nSPS) is 14.2. The summed E-state index contributed by atoms with van der Waals surface area (Å²) in [6.45, 7) is 2.32. The van der Waals surface area contributed by atoms with E-state index in [9.17, 15) is 9.59 Å². The molecule has 9 nitrogen and oxygen atoms in total. The van der Waals surface area contributed by atoms with Crippen LogP contribution in [0.25, 0.3) is 0 Å². The lowest BCUT2D eigenvalue weighted by Crippen LogP contribution is -2.28. The minimum atomic E-state index is -0.375. The molecule has 1 atom stereocenters. The molecule has 0 saturated heterocycles. The van der Waals surface area contributed by atoms with Gasteiger partial charge in [-0.2, -0.15) is 0 Å². The van der Waals surface area contributed by atoms with Gasteiger partial charge >= 0.3 is 0 Å². The number of hydrogen-bond acceptors (Lipinski definition) is 7. The lowest BCUT2D eigenvalue weighted by molar-refractivity contribution is -0.119. The topological polar surface area (TPSA) is 121 Å². The third-order valence-corrected chi connectivity index (χ3v) is 5.85. The Bertz CT molecular complexity index is 913. The first-order valence-electron chi connectivity index (χ1n) is 9.78. The SMILES string of the molecule is COc1ccc(OC)c(C(C)NC(=O)CSc2nnc(C3CC3)n2CCC(N)=O)c1. The maximum atomic E-state index is 12.5. The molecule has 10 heteroatoms. The number of primary amides is 1. The van der Waals surface area contributed by atoms with Crippen molar-refractivity contribution in [1.82, 2.24) is 20.1 Å². The van der Waals surface area contributed by atoms with E-state index < -0.39 is 0 Å². The third-order valence-electron chi connectivity index (χ3n) is 4.88. The smallest absolute Gasteiger partial charge is 0.230 e. The van der Waals surface area contributed by atoms with Crippen LogP contribution in [0.2, 0.25) is 0 Å². The molecule has 1 unspecified atom stereocenters. The van der Waals surface area contributed by atoms with Gasteiger partial charge in [0.2, 0.25) is 11.8 Å². The number of aromatic nitrogens is 3. The van der Waals surface area contributed by atoms with Crippen molar-refractivity contribution < 1.29 is 19.1 Å². The number of ether oxygens (including phenoxy) is 2. The van der Waals surface area contributed by atoms with Crippen LogP contribution in [-0.2, 0) is 16.1 Å². The summed E-state index contributed by atoms with van der Waals surface area (Å²) >= 11 is 1.30.